The van der Waals surface area contributed by atoms with E-state index in [9.17, 15) is 0 Å². The van der Waals surface area contributed by atoms with Crippen molar-refractivity contribution < 1.29 is 0 Å². The Bertz CT molecular complexity index is 4220. The molecule has 0 bridgehead atoms. The molecule has 300 valence electrons. The van der Waals surface area contributed by atoms with Crippen molar-refractivity contribution in [3.05, 3.63) is 212 Å². The molecule has 0 fully saturated rings. The Morgan fingerprint density at radius 1 is 0.262 bits per heavy atom. The second-order valence-electron chi connectivity index (χ2n) is 17.1. The van der Waals surface area contributed by atoms with E-state index in [1.54, 1.807) is 0 Å². The number of thiophene rings is 1. The Balaban J connectivity index is 0.938. The second kappa shape index (κ2) is 14.1. The van der Waals surface area contributed by atoms with Crippen molar-refractivity contribution in [1.82, 2.24) is 15.0 Å². The number of nitrogens with zero attached hydrogens (tertiary/aromatic N) is 3. The van der Waals surface area contributed by atoms with Gasteiger partial charge in [-0.05, 0) is 111 Å². The highest BCUT2D eigenvalue weighted by Gasteiger charge is 2.18. The number of hydrogen-bond acceptors (Lipinski definition) is 4. The topological polar surface area (TPSA) is 38.7 Å². The minimum atomic E-state index is 0.633. The molecule has 0 radical (unpaired) electrons. The maximum atomic E-state index is 5.21. The smallest absolute Gasteiger partial charge is 0.164 e. The van der Waals surface area contributed by atoms with Crippen molar-refractivity contribution in [3.8, 4) is 56.4 Å². The minimum absolute atomic E-state index is 0.633. The highest BCUT2D eigenvalue weighted by atomic mass is 32.1. The summed E-state index contributed by atoms with van der Waals surface area (Å²) in [6.45, 7) is 0. The van der Waals surface area contributed by atoms with Gasteiger partial charge in [-0.3, -0.25) is 0 Å². The maximum Gasteiger partial charge on any atom is 0.164 e. The van der Waals surface area contributed by atoms with Crippen LogP contribution in [0.1, 0.15) is 0 Å². The van der Waals surface area contributed by atoms with Crippen LogP contribution in [0.4, 0.5) is 0 Å². The molecule has 12 aromatic carbocycles. The van der Waals surface area contributed by atoms with Crippen LogP contribution in [0.3, 0.4) is 0 Å². The molecular weight excluding hydrogens is 807 g/mol. The standard InChI is InChI=1S/C61H35N3S/c1-2-11-40(12-3-1)59-62-60(41-30-25-36(26-31-41)46-19-10-23-51-47-18-4-5-24-53(47)65-58(46)51)64-61(63-59)44-17-6-16-42(33-44)45-34-43-32-29-39-14-8-21-49-48-20-7-13-37-27-28-38-15-9-22-50(56(38)54(37)48)52(35-45)57(43)55(39)49/h1-35H. The molecule has 14 aromatic rings. The maximum absolute atomic E-state index is 5.21. The Morgan fingerprint density at radius 3 is 1.43 bits per heavy atom. The van der Waals surface area contributed by atoms with E-state index >= 15 is 0 Å². The molecule has 0 saturated carbocycles. The molecule has 0 N–H and O–H groups in total. The third-order valence-electron chi connectivity index (χ3n) is 13.4. The highest BCUT2D eigenvalue weighted by Crippen LogP contribution is 2.45. The molecule has 14 rings (SSSR count). The van der Waals surface area contributed by atoms with Gasteiger partial charge >= 0.3 is 0 Å². The van der Waals surface area contributed by atoms with Crippen molar-refractivity contribution in [3.63, 3.8) is 0 Å². The van der Waals surface area contributed by atoms with E-state index in [1.807, 2.05) is 29.5 Å². The first kappa shape index (κ1) is 36.2. The molecule has 3 nitrogen and oxygen atoms in total. The van der Waals surface area contributed by atoms with Crippen LogP contribution in [0.25, 0.3) is 141 Å². The van der Waals surface area contributed by atoms with Gasteiger partial charge in [-0.1, -0.05) is 188 Å². The van der Waals surface area contributed by atoms with Crippen LogP contribution in [0.15, 0.2) is 212 Å². The van der Waals surface area contributed by atoms with E-state index in [2.05, 4.69) is 194 Å². The average molecular weight is 842 g/mol. The predicted molar refractivity (Wildman–Crippen MR) is 276 cm³/mol. The Kier molecular flexibility index (Phi) is 7.85. The van der Waals surface area contributed by atoms with Crippen LogP contribution >= 0.6 is 11.3 Å². The zero-order valence-corrected chi connectivity index (χ0v) is 35.8. The zero-order valence-electron chi connectivity index (χ0n) is 35.0. The summed E-state index contributed by atoms with van der Waals surface area (Å²) in [6, 6.07) is 77.1. The van der Waals surface area contributed by atoms with Crippen LogP contribution in [0.5, 0.6) is 0 Å². The molecule has 0 saturated heterocycles. The fraction of sp³-hybridized carbons (Fsp3) is 0. The first-order valence-corrected chi connectivity index (χ1v) is 22.9. The Labute approximate surface area is 377 Å². The summed E-state index contributed by atoms with van der Waals surface area (Å²) in [7, 11) is 0. The fourth-order valence-electron chi connectivity index (χ4n) is 10.4. The SMILES string of the molecule is c1ccc(-c2nc(-c3ccc(-c4cccc5c4sc4ccccc45)cc3)nc(-c3cccc(-c4cc5ccc6cccc7c8cccc9ccc%10cccc(c(c4)c5c67)c%10c98)c3)n2)cc1. The summed E-state index contributed by atoms with van der Waals surface area (Å²) in [5.74, 6) is 1.91. The first-order valence-electron chi connectivity index (χ1n) is 22.1. The number of fused-ring (bicyclic) bond motifs is 5. The van der Waals surface area contributed by atoms with Gasteiger partial charge in [0.15, 0.2) is 17.5 Å². The molecule has 2 heterocycles. The van der Waals surface area contributed by atoms with Crippen LogP contribution < -0.4 is 0 Å². The highest BCUT2D eigenvalue weighted by molar-refractivity contribution is 7.26. The molecule has 0 aliphatic rings. The number of hydrogen-bond donors (Lipinski definition) is 0. The minimum Gasteiger partial charge on any atom is -0.208 e. The van der Waals surface area contributed by atoms with Crippen molar-refractivity contribution in [2.24, 2.45) is 0 Å². The lowest BCUT2D eigenvalue weighted by Crippen LogP contribution is -2.00. The predicted octanol–water partition coefficient (Wildman–Crippen LogP) is 16.9. The van der Waals surface area contributed by atoms with Crippen LogP contribution in [-0.4, -0.2) is 15.0 Å². The van der Waals surface area contributed by atoms with E-state index in [4.69, 9.17) is 15.0 Å². The summed E-state index contributed by atoms with van der Waals surface area (Å²) in [4.78, 5) is 15.5. The molecule has 0 aliphatic carbocycles. The number of benzene rings is 11. The monoisotopic (exact) mass is 841 g/mol. The zero-order chi connectivity index (χ0) is 42.6. The van der Waals surface area contributed by atoms with Gasteiger partial charge in [-0.15, -0.1) is 11.3 Å². The Hall–Kier alpha value is -8.31. The van der Waals surface area contributed by atoms with Crippen molar-refractivity contribution >= 4 is 96.1 Å². The molecule has 2 aromatic heterocycles. The van der Waals surface area contributed by atoms with Crippen LogP contribution in [-0.2, 0) is 0 Å². The van der Waals surface area contributed by atoms with Gasteiger partial charge in [0.2, 0.25) is 0 Å². The second-order valence-corrected chi connectivity index (χ2v) is 18.1. The third kappa shape index (κ3) is 5.64. The van der Waals surface area contributed by atoms with E-state index < -0.39 is 0 Å². The largest absolute Gasteiger partial charge is 0.208 e. The molecule has 0 aliphatic heterocycles. The third-order valence-corrected chi connectivity index (χ3v) is 14.6. The van der Waals surface area contributed by atoms with Crippen molar-refractivity contribution in [2.75, 3.05) is 0 Å². The van der Waals surface area contributed by atoms with Crippen LogP contribution in [0, 0.1) is 0 Å². The van der Waals surface area contributed by atoms with Crippen molar-refractivity contribution in [1.29, 1.82) is 0 Å². The van der Waals surface area contributed by atoms with Crippen LogP contribution in [0.2, 0.25) is 0 Å². The van der Waals surface area contributed by atoms with Gasteiger partial charge in [0.05, 0.1) is 0 Å². The summed E-state index contributed by atoms with van der Waals surface area (Å²) in [5, 5.41) is 17.8. The van der Waals surface area contributed by atoms with Gasteiger partial charge in [0.1, 0.15) is 0 Å². The molecular formula is C61H35N3S. The van der Waals surface area contributed by atoms with Gasteiger partial charge in [0.25, 0.3) is 0 Å². The molecule has 0 atom stereocenters. The Morgan fingerprint density at radius 2 is 0.738 bits per heavy atom. The molecule has 0 spiro atoms. The summed E-state index contributed by atoms with van der Waals surface area (Å²) in [6.07, 6.45) is 0. The van der Waals surface area contributed by atoms with E-state index in [0.717, 1.165) is 27.8 Å². The summed E-state index contributed by atoms with van der Waals surface area (Å²) in [5.41, 5.74) is 7.45. The van der Waals surface area contributed by atoms with Gasteiger partial charge in [0, 0.05) is 36.9 Å². The van der Waals surface area contributed by atoms with E-state index in [0.29, 0.717) is 17.5 Å². The van der Waals surface area contributed by atoms with E-state index in [-0.39, 0.29) is 0 Å². The lowest BCUT2D eigenvalue weighted by molar-refractivity contribution is 1.07. The lowest BCUT2D eigenvalue weighted by Gasteiger charge is -2.17. The molecule has 0 amide bonds. The summed E-state index contributed by atoms with van der Waals surface area (Å²) >= 11 is 1.85. The average Bonchev–Trinajstić information content (AvgIpc) is 3.76. The quantitative estimate of drug-likeness (QED) is 0.162. The molecule has 0 unspecified atom stereocenters. The van der Waals surface area contributed by atoms with Gasteiger partial charge in [-0.25, -0.2) is 15.0 Å². The number of aromatic nitrogens is 3. The van der Waals surface area contributed by atoms with Gasteiger partial charge < -0.3 is 0 Å². The summed E-state index contributed by atoms with van der Waals surface area (Å²) < 4.78 is 2.60. The molecule has 65 heavy (non-hydrogen) atoms. The lowest BCUT2D eigenvalue weighted by atomic mass is 9.86. The van der Waals surface area contributed by atoms with Gasteiger partial charge in [-0.2, -0.15) is 0 Å². The van der Waals surface area contributed by atoms with E-state index in [1.165, 1.54) is 95.9 Å². The fourth-order valence-corrected chi connectivity index (χ4v) is 11.7. The first-order chi connectivity index (χ1) is 32.2. The normalized spacial score (nSPS) is 12.0. The van der Waals surface area contributed by atoms with Crippen molar-refractivity contribution in [2.45, 2.75) is 0 Å². The number of rotatable bonds is 5. The molecule has 4 heteroatoms.